The topological polar surface area (TPSA) is 258 Å². The zero-order valence-electron chi connectivity index (χ0n) is 19.6. The van der Waals surface area contributed by atoms with Gasteiger partial charge in [-0.05, 0) is 0 Å². The van der Waals surface area contributed by atoms with Gasteiger partial charge in [-0.1, -0.05) is 22.6 Å². The normalized spacial score (nSPS) is 27.2. The minimum Gasteiger partial charge on any atom is -0.394 e. The summed E-state index contributed by atoms with van der Waals surface area (Å²) in [5, 5.41) is 28.6. The second kappa shape index (κ2) is 10.5. The number of nitrogen functional groups attached to an aromatic ring is 2. The molecule has 2 saturated heterocycles. The smallest absolute Gasteiger partial charge is 0.280 e. The molecule has 38 heavy (non-hydrogen) atoms. The molecule has 0 aliphatic carbocycles. The van der Waals surface area contributed by atoms with E-state index in [1.54, 1.807) is 4.57 Å². The van der Waals surface area contributed by atoms with E-state index in [1.807, 2.05) is 0 Å². The average molecular weight is 644 g/mol. The van der Waals surface area contributed by atoms with E-state index in [0.29, 0.717) is 16.5 Å². The number of ether oxygens (including phenoxy) is 2. The van der Waals surface area contributed by atoms with Crippen LogP contribution in [0.1, 0.15) is 25.3 Å². The van der Waals surface area contributed by atoms with Crippen LogP contribution in [0.4, 0.5) is 11.9 Å². The molecule has 0 spiro atoms. The number of nitrogens with two attached hydrogens (primary N) is 2. The highest BCUT2D eigenvalue weighted by Gasteiger charge is 2.36. The Balaban J connectivity index is 0.000000155. The van der Waals surface area contributed by atoms with Crippen LogP contribution in [0.15, 0.2) is 22.2 Å². The number of imidazole rings is 2. The first-order chi connectivity index (χ1) is 18.2. The maximum atomic E-state index is 11.7. The summed E-state index contributed by atoms with van der Waals surface area (Å²) in [7, 11) is 0. The van der Waals surface area contributed by atoms with Crippen LogP contribution in [0.5, 0.6) is 0 Å². The molecule has 6 heterocycles. The van der Waals surface area contributed by atoms with Crippen molar-refractivity contribution in [3.8, 4) is 0 Å². The summed E-state index contributed by atoms with van der Waals surface area (Å²) in [4.78, 5) is 44.1. The van der Waals surface area contributed by atoms with Crippen molar-refractivity contribution in [2.45, 2.75) is 49.7 Å². The van der Waals surface area contributed by atoms with Gasteiger partial charge in [-0.2, -0.15) is 9.97 Å². The lowest BCUT2D eigenvalue weighted by Gasteiger charge is -2.13. The van der Waals surface area contributed by atoms with Crippen molar-refractivity contribution in [1.29, 1.82) is 0 Å². The van der Waals surface area contributed by atoms with E-state index >= 15 is 0 Å². The molecule has 4 aromatic rings. The molecule has 0 bridgehead atoms. The van der Waals surface area contributed by atoms with E-state index < -0.39 is 30.1 Å². The molecule has 0 unspecified atom stereocenters. The highest BCUT2D eigenvalue weighted by molar-refractivity contribution is 14.1. The van der Waals surface area contributed by atoms with Gasteiger partial charge < -0.3 is 36.3 Å². The summed E-state index contributed by atoms with van der Waals surface area (Å²) in [5.74, 6) is 0.0136. The zero-order chi connectivity index (χ0) is 27.1. The second-order valence-corrected chi connectivity index (χ2v) is 9.63. The number of anilines is 2. The molecule has 18 heteroatoms. The minimum atomic E-state index is -0.771. The Kier molecular flexibility index (Phi) is 7.33. The van der Waals surface area contributed by atoms with E-state index in [2.05, 4.69) is 52.5 Å². The monoisotopic (exact) mass is 644 g/mol. The number of nitrogens with zero attached hydrogens (tertiary/aromatic N) is 6. The van der Waals surface area contributed by atoms with E-state index in [4.69, 9.17) is 26.0 Å². The summed E-state index contributed by atoms with van der Waals surface area (Å²) in [5.41, 5.74) is 11.2. The summed E-state index contributed by atoms with van der Waals surface area (Å²) in [6, 6.07) is 0. The summed E-state index contributed by atoms with van der Waals surface area (Å²) < 4.78 is 15.1. The van der Waals surface area contributed by atoms with Crippen molar-refractivity contribution in [3.05, 3.63) is 33.4 Å². The molecular formula is C20H25IN10O7. The number of hydrogen-bond donors (Lipinski definition) is 7. The predicted octanol–water partition coefficient (Wildman–Crippen LogP) is -1.87. The van der Waals surface area contributed by atoms with Gasteiger partial charge in [-0.25, -0.2) is 9.97 Å². The van der Waals surface area contributed by atoms with Crippen molar-refractivity contribution in [2.75, 3.05) is 22.5 Å². The first kappa shape index (κ1) is 26.4. The fraction of sp³-hybridized carbons (Fsp3) is 0.500. The number of aliphatic hydroxyl groups is 3. The highest BCUT2D eigenvalue weighted by Crippen LogP contribution is 2.31. The molecule has 17 nitrogen and oxygen atoms in total. The van der Waals surface area contributed by atoms with Crippen LogP contribution < -0.4 is 22.6 Å². The van der Waals surface area contributed by atoms with Gasteiger partial charge in [0.15, 0.2) is 22.3 Å². The molecule has 4 aromatic heterocycles. The lowest BCUT2D eigenvalue weighted by molar-refractivity contribution is -0.0432. The quantitative estimate of drug-likeness (QED) is 0.0950. The number of rotatable bonds is 4. The van der Waals surface area contributed by atoms with E-state index in [-0.39, 0.29) is 59.5 Å². The van der Waals surface area contributed by atoms with Crippen molar-refractivity contribution < 1.29 is 24.8 Å². The Bertz CT molecular complexity index is 1450. The van der Waals surface area contributed by atoms with Gasteiger partial charge in [0.25, 0.3) is 11.1 Å². The third kappa shape index (κ3) is 4.85. The Labute approximate surface area is 226 Å². The lowest BCUT2D eigenvalue weighted by Crippen LogP contribution is -2.24. The second-order valence-electron chi connectivity index (χ2n) is 8.75. The molecule has 6 atom stereocenters. The molecule has 204 valence electrons. The average Bonchev–Trinajstić information content (AvgIpc) is 3.64. The third-order valence-corrected chi connectivity index (χ3v) is 7.13. The number of nitrogens with one attached hydrogen (secondary N) is 2. The van der Waals surface area contributed by atoms with Crippen LogP contribution in [0.2, 0.25) is 0 Å². The number of H-pyrrole nitrogens is 2. The van der Waals surface area contributed by atoms with Gasteiger partial charge >= 0.3 is 0 Å². The Morgan fingerprint density at radius 2 is 1.34 bits per heavy atom. The summed E-state index contributed by atoms with van der Waals surface area (Å²) >= 11 is 2.16. The largest absolute Gasteiger partial charge is 0.394 e. The Morgan fingerprint density at radius 1 is 0.895 bits per heavy atom. The number of hydrogen-bond acceptors (Lipinski definition) is 13. The maximum absolute atomic E-state index is 11.7. The number of alkyl halides is 1. The molecule has 2 aliphatic rings. The van der Waals surface area contributed by atoms with Crippen LogP contribution in [0.3, 0.4) is 0 Å². The molecule has 2 aliphatic heterocycles. The first-order valence-corrected chi connectivity index (χ1v) is 13.0. The van der Waals surface area contributed by atoms with Crippen molar-refractivity contribution in [2.24, 2.45) is 0 Å². The molecule has 0 aromatic carbocycles. The molecule has 0 amide bonds. The number of aromatic nitrogens is 8. The standard InChI is InChI=1S/C10H12IN5O3.C10H13N5O4/c11-2-5-4(17)1-6(19-5)16-3-13-7-8(16)14-10(12)15-9(7)18;11-10-13-8-7(9(18)14-10)12-3-15(8)6-1-4(17)5(2-16)19-6/h3-6,17H,1-2H2,(H3,12,14,15,18);3-6,16-17H,1-2H2,(H3,11,13,14,18)/t2*4-,5+,6+/m00/s1. The van der Waals surface area contributed by atoms with Gasteiger partial charge in [0.05, 0.1) is 37.6 Å². The van der Waals surface area contributed by atoms with Crippen LogP contribution >= 0.6 is 22.6 Å². The Hall–Kier alpha value is -3.17. The molecule has 0 radical (unpaired) electrons. The number of aliphatic hydroxyl groups excluding tert-OH is 3. The third-order valence-electron chi connectivity index (χ3n) is 6.26. The van der Waals surface area contributed by atoms with Crippen molar-refractivity contribution in [1.82, 2.24) is 39.0 Å². The molecule has 2 fully saturated rings. The molecule has 6 rings (SSSR count). The molecule has 9 N–H and O–H groups in total. The van der Waals surface area contributed by atoms with Gasteiger partial charge in [0.2, 0.25) is 11.9 Å². The minimum absolute atomic E-state index is 0.0171. The van der Waals surface area contributed by atoms with E-state index in [0.717, 1.165) is 0 Å². The number of fused-ring (bicyclic) bond motifs is 2. The zero-order valence-corrected chi connectivity index (χ0v) is 21.8. The number of halogens is 1. The highest BCUT2D eigenvalue weighted by atomic mass is 127. The van der Waals surface area contributed by atoms with Crippen LogP contribution in [0, 0.1) is 0 Å². The van der Waals surface area contributed by atoms with Gasteiger partial charge in [-0.3, -0.25) is 28.7 Å². The fourth-order valence-corrected chi connectivity index (χ4v) is 5.18. The van der Waals surface area contributed by atoms with Gasteiger partial charge in [0, 0.05) is 17.3 Å². The fourth-order valence-electron chi connectivity index (χ4n) is 4.38. The van der Waals surface area contributed by atoms with Crippen LogP contribution in [-0.2, 0) is 9.47 Å². The van der Waals surface area contributed by atoms with Crippen molar-refractivity contribution >= 4 is 56.8 Å². The molecule has 0 saturated carbocycles. The van der Waals surface area contributed by atoms with E-state index in [1.165, 1.54) is 17.2 Å². The molecular weight excluding hydrogens is 619 g/mol. The predicted molar refractivity (Wildman–Crippen MR) is 140 cm³/mol. The van der Waals surface area contributed by atoms with E-state index in [9.17, 15) is 19.8 Å². The number of aromatic amines is 2. The summed E-state index contributed by atoms with van der Waals surface area (Å²) in [6.45, 7) is -0.277. The van der Waals surface area contributed by atoms with Crippen LogP contribution in [-0.4, -0.2) is 89.8 Å². The summed E-state index contributed by atoms with van der Waals surface area (Å²) in [6.07, 6.45) is 0.524. The van der Waals surface area contributed by atoms with Gasteiger partial charge in [-0.15, -0.1) is 0 Å². The Morgan fingerprint density at radius 3 is 1.74 bits per heavy atom. The van der Waals surface area contributed by atoms with Crippen LogP contribution in [0.25, 0.3) is 22.3 Å². The van der Waals surface area contributed by atoms with Crippen molar-refractivity contribution in [3.63, 3.8) is 0 Å². The maximum Gasteiger partial charge on any atom is 0.280 e. The first-order valence-electron chi connectivity index (χ1n) is 11.5. The van der Waals surface area contributed by atoms with Gasteiger partial charge in [0.1, 0.15) is 18.6 Å². The lowest BCUT2D eigenvalue weighted by atomic mass is 10.2. The SMILES string of the molecule is Nc1nc2c(ncn2[C@H]2C[C@H](O)[C@@H](CI)O2)c(=O)[nH]1.Nc1nc2c(ncn2[C@H]2C[C@H](O)[C@@H](CO)O2)c(=O)[nH]1.